The van der Waals surface area contributed by atoms with Gasteiger partial charge in [0, 0.05) is 49.3 Å². The maximum Gasteiger partial charge on any atom is 0.127 e. The highest BCUT2D eigenvalue weighted by molar-refractivity contribution is 5.40. The van der Waals surface area contributed by atoms with Crippen molar-refractivity contribution in [3.8, 4) is 11.5 Å². The third-order valence-electron chi connectivity index (χ3n) is 6.52. The molecule has 1 aromatic carbocycles. The molecule has 0 spiro atoms. The second-order valence-electron chi connectivity index (χ2n) is 8.24. The summed E-state index contributed by atoms with van der Waals surface area (Å²) in [5.74, 6) is 2.07. The predicted octanol–water partition coefficient (Wildman–Crippen LogP) is 3.53. The molecule has 2 aliphatic rings. The molecule has 2 bridgehead atoms. The molecule has 1 saturated carbocycles. The number of aromatic nitrogens is 1. The summed E-state index contributed by atoms with van der Waals surface area (Å²) in [6.07, 6.45) is 5.14. The molecule has 2 heterocycles. The molecule has 1 N–H and O–H groups in total. The number of aryl methyl sites for hydroxylation is 1. The van der Waals surface area contributed by atoms with E-state index in [0.717, 1.165) is 60.8 Å². The fourth-order valence-electron chi connectivity index (χ4n) is 5.02. The van der Waals surface area contributed by atoms with Crippen molar-refractivity contribution < 1.29 is 14.6 Å². The van der Waals surface area contributed by atoms with Crippen LogP contribution >= 0.6 is 0 Å². The topological polar surface area (TPSA) is 54.8 Å². The van der Waals surface area contributed by atoms with E-state index in [4.69, 9.17) is 9.47 Å². The van der Waals surface area contributed by atoms with Gasteiger partial charge >= 0.3 is 0 Å². The van der Waals surface area contributed by atoms with Crippen LogP contribution in [0.4, 0.5) is 0 Å². The fraction of sp³-hybridized carbons (Fsp3) is 0.522. The standard InChI is InChI=1S/C23H30N2O3/c1-16-7-10-22(24-12-16)23(26)18-5-4-6-19(23)15-25(14-18)13-17-8-9-20(27-2)11-21(17)28-3/h7-12,18-19,26H,4-6,13-15H2,1-3H3. The summed E-state index contributed by atoms with van der Waals surface area (Å²) in [5, 5.41) is 11.7. The van der Waals surface area contributed by atoms with E-state index < -0.39 is 5.60 Å². The van der Waals surface area contributed by atoms with Crippen LogP contribution < -0.4 is 9.47 Å². The van der Waals surface area contributed by atoms with Crippen molar-refractivity contribution in [1.29, 1.82) is 0 Å². The average Bonchev–Trinajstić information content (AvgIpc) is 2.69. The lowest BCUT2D eigenvalue weighted by Crippen LogP contribution is -2.58. The first kappa shape index (κ1) is 19.2. The van der Waals surface area contributed by atoms with Crippen LogP contribution in [0.2, 0.25) is 0 Å². The van der Waals surface area contributed by atoms with Crippen LogP contribution in [0.3, 0.4) is 0 Å². The van der Waals surface area contributed by atoms with E-state index in [1.165, 1.54) is 6.42 Å². The highest BCUT2D eigenvalue weighted by Gasteiger charge is 2.52. The molecule has 28 heavy (non-hydrogen) atoms. The number of likely N-dealkylation sites (tertiary alicyclic amines) is 1. The first-order valence-electron chi connectivity index (χ1n) is 10.1. The van der Waals surface area contributed by atoms with Gasteiger partial charge in [0.05, 0.1) is 19.9 Å². The van der Waals surface area contributed by atoms with Crippen molar-refractivity contribution in [3.05, 3.63) is 53.3 Å². The third kappa shape index (κ3) is 3.38. The Bertz CT molecular complexity index is 807. The van der Waals surface area contributed by atoms with E-state index in [2.05, 4.69) is 22.0 Å². The van der Waals surface area contributed by atoms with Gasteiger partial charge in [0.1, 0.15) is 17.1 Å². The normalized spacial score (nSPS) is 27.4. The number of piperidine rings is 1. The predicted molar refractivity (Wildman–Crippen MR) is 109 cm³/mol. The highest BCUT2D eigenvalue weighted by atomic mass is 16.5. The molecule has 1 aromatic heterocycles. The smallest absolute Gasteiger partial charge is 0.127 e. The van der Waals surface area contributed by atoms with Crippen molar-refractivity contribution >= 4 is 0 Å². The number of hydrogen-bond donors (Lipinski definition) is 1. The average molecular weight is 383 g/mol. The number of aliphatic hydroxyl groups is 1. The number of pyridine rings is 1. The van der Waals surface area contributed by atoms with E-state index in [1.807, 2.05) is 31.3 Å². The van der Waals surface area contributed by atoms with Crippen molar-refractivity contribution in [2.24, 2.45) is 11.8 Å². The quantitative estimate of drug-likeness (QED) is 0.857. The van der Waals surface area contributed by atoms with Crippen LogP contribution in [0.15, 0.2) is 36.5 Å². The molecule has 1 aliphatic carbocycles. The zero-order valence-electron chi connectivity index (χ0n) is 17.0. The second-order valence-corrected chi connectivity index (χ2v) is 8.24. The van der Waals surface area contributed by atoms with Gasteiger partial charge in [-0.1, -0.05) is 18.6 Å². The Kier molecular flexibility index (Phi) is 5.30. The molecule has 5 heteroatoms. The third-order valence-corrected chi connectivity index (χ3v) is 6.52. The van der Waals surface area contributed by atoms with Crippen LogP contribution in [-0.4, -0.2) is 42.3 Å². The molecule has 150 valence electrons. The van der Waals surface area contributed by atoms with Gasteiger partial charge in [-0.15, -0.1) is 0 Å². The van der Waals surface area contributed by atoms with E-state index in [9.17, 15) is 5.11 Å². The lowest BCUT2D eigenvalue weighted by Gasteiger charge is -2.52. The molecule has 0 amide bonds. The van der Waals surface area contributed by atoms with Crippen molar-refractivity contribution in [2.75, 3.05) is 27.3 Å². The Labute approximate surface area is 167 Å². The molecule has 5 nitrogen and oxygen atoms in total. The maximum atomic E-state index is 11.7. The summed E-state index contributed by atoms with van der Waals surface area (Å²) in [6.45, 7) is 4.60. The summed E-state index contributed by atoms with van der Waals surface area (Å²) < 4.78 is 10.9. The van der Waals surface area contributed by atoms with Gasteiger partial charge in [-0.25, -0.2) is 0 Å². The van der Waals surface area contributed by atoms with Gasteiger partial charge in [0.15, 0.2) is 0 Å². The number of nitrogens with zero attached hydrogens (tertiary/aromatic N) is 2. The van der Waals surface area contributed by atoms with Crippen molar-refractivity contribution in [2.45, 2.75) is 38.3 Å². The van der Waals surface area contributed by atoms with Gasteiger partial charge in [-0.2, -0.15) is 0 Å². The zero-order valence-corrected chi connectivity index (χ0v) is 17.0. The number of hydrogen-bond acceptors (Lipinski definition) is 5. The molecule has 2 aromatic rings. The number of fused-ring (bicyclic) bond motifs is 2. The molecule has 1 saturated heterocycles. The summed E-state index contributed by atoms with van der Waals surface area (Å²) in [7, 11) is 3.37. The SMILES string of the molecule is COc1ccc(CN2CC3CCCC(C2)C3(O)c2ccc(C)cn2)c(OC)c1. The number of ether oxygens (including phenoxy) is 2. The van der Waals surface area contributed by atoms with Gasteiger partial charge in [0.2, 0.25) is 0 Å². The Morgan fingerprint density at radius 3 is 2.46 bits per heavy atom. The van der Waals surface area contributed by atoms with Crippen LogP contribution in [0.1, 0.15) is 36.1 Å². The minimum absolute atomic E-state index is 0.208. The first-order valence-corrected chi connectivity index (χ1v) is 10.1. The highest BCUT2D eigenvalue weighted by Crippen LogP contribution is 2.49. The summed E-state index contributed by atoms with van der Waals surface area (Å²) in [4.78, 5) is 7.07. The van der Waals surface area contributed by atoms with E-state index >= 15 is 0 Å². The Balaban J connectivity index is 1.56. The molecule has 4 rings (SSSR count). The van der Waals surface area contributed by atoms with Gasteiger partial charge in [-0.05, 0) is 37.5 Å². The minimum Gasteiger partial charge on any atom is -0.497 e. The molecule has 2 fully saturated rings. The second kappa shape index (κ2) is 7.72. The summed E-state index contributed by atoms with van der Waals surface area (Å²) >= 11 is 0. The monoisotopic (exact) mass is 382 g/mol. The first-order chi connectivity index (χ1) is 13.5. The number of rotatable bonds is 5. The number of methoxy groups -OCH3 is 2. The molecular weight excluding hydrogens is 352 g/mol. The fourth-order valence-corrected chi connectivity index (χ4v) is 5.02. The summed E-state index contributed by atoms with van der Waals surface area (Å²) in [5.41, 5.74) is 2.31. The Morgan fingerprint density at radius 1 is 1.11 bits per heavy atom. The number of benzene rings is 1. The molecule has 1 aliphatic heterocycles. The van der Waals surface area contributed by atoms with Gasteiger partial charge in [0.25, 0.3) is 0 Å². The lowest BCUT2D eigenvalue weighted by atomic mass is 9.64. The molecular formula is C23H30N2O3. The zero-order chi connectivity index (χ0) is 19.7. The molecule has 2 atom stereocenters. The van der Waals surface area contributed by atoms with Crippen LogP contribution in [-0.2, 0) is 12.1 Å². The van der Waals surface area contributed by atoms with Crippen LogP contribution in [0, 0.1) is 18.8 Å². The van der Waals surface area contributed by atoms with Crippen LogP contribution in [0.25, 0.3) is 0 Å². The van der Waals surface area contributed by atoms with E-state index in [-0.39, 0.29) is 11.8 Å². The van der Waals surface area contributed by atoms with E-state index in [1.54, 1.807) is 14.2 Å². The van der Waals surface area contributed by atoms with Crippen LogP contribution in [0.5, 0.6) is 11.5 Å². The van der Waals surface area contributed by atoms with Gasteiger partial charge < -0.3 is 14.6 Å². The lowest BCUT2D eigenvalue weighted by molar-refractivity contribution is -0.151. The minimum atomic E-state index is -0.813. The maximum absolute atomic E-state index is 11.7. The molecule has 0 radical (unpaired) electrons. The summed E-state index contributed by atoms with van der Waals surface area (Å²) in [6, 6.07) is 10.1. The van der Waals surface area contributed by atoms with Gasteiger partial charge in [-0.3, -0.25) is 9.88 Å². The Morgan fingerprint density at radius 2 is 1.86 bits per heavy atom. The Hall–Kier alpha value is -2.11. The molecule has 2 unspecified atom stereocenters. The van der Waals surface area contributed by atoms with Crippen molar-refractivity contribution in [1.82, 2.24) is 9.88 Å². The largest absolute Gasteiger partial charge is 0.497 e. The van der Waals surface area contributed by atoms with Crippen molar-refractivity contribution in [3.63, 3.8) is 0 Å². The van der Waals surface area contributed by atoms with E-state index in [0.29, 0.717) is 0 Å².